The zero-order valence-corrected chi connectivity index (χ0v) is 13.3. The molecule has 0 aliphatic carbocycles. The summed E-state index contributed by atoms with van der Waals surface area (Å²) in [6.07, 6.45) is 7.79. The SMILES string of the molecule is Nc1ccc(O)c(C=Cc2ccccc2)c1C=Cc1ccccc1. The van der Waals surface area contributed by atoms with Crippen LogP contribution in [0, 0.1) is 0 Å². The molecule has 0 aliphatic heterocycles. The average molecular weight is 313 g/mol. The van der Waals surface area contributed by atoms with Crippen LogP contribution in [-0.4, -0.2) is 5.11 Å². The van der Waals surface area contributed by atoms with Crippen molar-refractivity contribution in [3.8, 4) is 5.75 Å². The van der Waals surface area contributed by atoms with Crippen molar-refractivity contribution in [2.24, 2.45) is 0 Å². The summed E-state index contributed by atoms with van der Waals surface area (Å²) in [5.41, 5.74) is 10.4. The highest BCUT2D eigenvalue weighted by Gasteiger charge is 2.06. The molecule has 0 heterocycles. The Morgan fingerprint density at radius 2 is 1.08 bits per heavy atom. The molecule has 0 aliphatic rings. The Balaban J connectivity index is 1.98. The first-order valence-corrected chi connectivity index (χ1v) is 7.82. The highest BCUT2D eigenvalue weighted by atomic mass is 16.3. The van der Waals surface area contributed by atoms with Crippen LogP contribution in [0.1, 0.15) is 22.3 Å². The van der Waals surface area contributed by atoms with Gasteiger partial charge in [0.1, 0.15) is 5.75 Å². The fraction of sp³-hybridized carbons (Fsp3) is 0. The van der Waals surface area contributed by atoms with E-state index in [1.807, 2.05) is 85.0 Å². The molecule has 2 heteroatoms. The minimum absolute atomic E-state index is 0.212. The topological polar surface area (TPSA) is 46.2 Å². The number of rotatable bonds is 4. The Morgan fingerprint density at radius 1 is 0.583 bits per heavy atom. The van der Waals surface area contributed by atoms with Gasteiger partial charge in [0.25, 0.3) is 0 Å². The van der Waals surface area contributed by atoms with Crippen LogP contribution in [0.2, 0.25) is 0 Å². The van der Waals surface area contributed by atoms with Gasteiger partial charge in [-0.05, 0) is 29.3 Å². The fourth-order valence-electron chi connectivity index (χ4n) is 2.49. The van der Waals surface area contributed by atoms with Crippen molar-refractivity contribution in [1.29, 1.82) is 0 Å². The molecule has 0 radical (unpaired) electrons. The van der Waals surface area contributed by atoms with Crippen LogP contribution >= 0.6 is 0 Å². The zero-order chi connectivity index (χ0) is 16.8. The fourth-order valence-corrected chi connectivity index (χ4v) is 2.49. The number of hydrogen-bond acceptors (Lipinski definition) is 2. The van der Waals surface area contributed by atoms with Crippen LogP contribution < -0.4 is 5.73 Å². The molecule has 0 bridgehead atoms. The minimum Gasteiger partial charge on any atom is -0.507 e. The third-order valence-corrected chi connectivity index (χ3v) is 3.78. The van der Waals surface area contributed by atoms with E-state index in [0.717, 1.165) is 16.7 Å². The Bertz CT molecular complexity index is 791. The number of nitrogen functional groups attached to an aromatic ring is 1. The molecule has 3 aromatic rings. The van der Waals surface area contributed by atoms with Gasteiger partial charge in [0, 0.05) is 16.8 Å². The lowest BCUT2D eigenvalue weighted by molar-refractivity contribution is 0.474. The molecule has 118 valence electrons. The summed E-state index contributed by atoms with van der Waals surface area (Å²) < 4.78 is 0. The first-order valence-electron chi connectivity index (χ1n) is 7.82. The molecule has 0 atom stereocenters. The summed E-state index contributed by atoms with van der Waals surface area (Å²) in [6.45, 7) is 0. The molecular weight excluding hydrogens is 294 g/mol. The number of phenols is 1. The number of phenolic OH excluding ortho intramolecular Hbond substituents is 1. The van der Waals surface area contributed by atoms with Crippen molar-refractivity contribution in [1.82, 2.24) is 0 Å². The maximum atomic E-state index is 10.3. The summed E-state index contributed by atoms with van der Waals surface area (Å²) >= 11 is 0. The van der Waals surface area contributed by atoms with E-state index in [4.69, 9.17) is 5.73 Å². The summed E-state index contributed by atoms with van der Waals surface area (Å²) in [6, 6.07) is 23.3. The van der Waals surface area contributed by atoms with Crippen molar-refractivity contribution in [2.45, 2.75) is 0 Å². The first-order chi connectivity index (χ1) is 11.7. The second kappa shape index (κ2) is 7.34. The van der Waals surface area contributed by atoms with Gasteiger partial charge >= 0.3 is 0 Å². The monoisotopic (exact) mass is 313 g/mol. The average Bonchev–Trinajstić information content (AvgIpc) is 2.63. The van der Waals surface area contributed by atoms with Crippen LogP contribution in [0.15, 0.2) is 72.8 Å². The van der Waals surface area contributed by atoms with Crippen LogP contribution in [-0.2, 0) is 0 Å². The molecule has 3 rings (SSSR count). The summed E-state index contributed by atoms with van der Waals surface area (Å²) in [7, 11) is 0. The molecule has 0 amide bonds. The molecule has 24 heavy (non-hydrogen) atoms. The van der Waals surface area contributed by atoms with E-state index < -0.39 is 0 Å². The Labute approximate surface area is 142 Å². The van der Waals surface area contributed by atoms with Crippen molar-refractivity contribution in [3.05, 3.63) is 95.1 Å². The van der Waals surface area contributed by atoms with Crippen molar-refractivity contribution < 1.29 is 5.11 Å². The van der Waals surface area contributed by atoms with Gasteiger partial charge < -0.3 is 10.8 Å². The second-order valence-corrected chi connectivity index (χ2v) is 5.49. The third kappa shape index (κ3) is 3.73. The van der Waals surface area contributed by atoms with E-state index in [1.165, 1.54) is 0 Å². The van der Waals surface area contributed by atoms with Crippen LogP contribution in [0.4, 0.5) is 5.69 Å². The highest BCUT2D eigenvalue weighted by Crippen LogP contribution is 2.30. The first kappa shape index (κ1) is 15.6. The Morgan fingerprint density at radius 3 is 1.62 bits per heavy atom. The van der Waals surface area contributed by atoms with Gasteiger partial charge in [-0.15, -0.1) is 0 Å². The minimum atomic E-state index is 0.212. The number of nitrogens with two attached hydrogens (primary N) is 1. The van der Waals surface area contributed by atoms with E-state index in [1.54, 1.807) is 12.1 Å². The third-order valence-electron chi connectivity index (χ3n) is 3.78. The lowest BCUT2D eigenvalue weighted by Gasteiger charge is -2.08. The lowest BCUT2D eigenvalue weighted by atomic mass is 10.0. The van der Waals surface area contributed by atoms with Gasteiger partial charge in [-0.1, -0.05) is 78.9 Å². The maximum Gasteiger partial charge on any atom is 0.123 e. The standard InChI is InChI=1S/C22H19NO/c23-21-15-16-22(24)20(14-12-18-9-5-2-6-10-18)19(21)13-11-17-7-3-1-4-8-17/h1-16,24H,23H2. The van der Waals surface area contributed by atoms with Crippen molar-refractivity contribution in [2.75, 3.05) is 5.73 Å². The van der Waals surface area contributed by atoms with E-state index in [2.05, 4.69) is 0 Å². The molecule has 0 spiro atoms. The second-order valence-electron chi connectivity index (χ2n) is 5.49. The molecule has 0 unspecified atom stereocenters. The summed E-state index contributed by atoms with van der Waals surface area (Å²) in [4.78, 5) is 0. The Kier molecular flexibility index (Phi) is 4.78. The largest absolute Gasteiger partial charge is 0.507 e. The van der Waals surface area contributed by atoms with Gasteiger partial charge in [-0.3, -0.25) is 0 Å². The molecule has 0 aromatic heterocycles. The molecular formula is C22H19NO. The highest BCUT2D eigenvalue weighted by molar-refractivity contribution is 5.86. The number of aromatic hydroxyl groups is 1. The predicted molar refractivity (Wildman–Crippen MR) is 103 cm³/mol. The smallest absolute Gasteiger partial charge is 0.123 e. The number of anilines is 1. The van der Waals surface area contributed by atoms with Crippen LogP contribution in [0.25, 0.3) is 24.3 Å². The van der Waals surface area contributed by atoms with E-state index in [9.17, 15) is 5.11 Å². The van der Waals surface area contributed by atoms with E-state index >= 15 is 0 Å². The normalized spacial score (nSPS) is 11.3. The molecule has 3 N–H and O–H groups in total. The lowest BCUT2D eigenvalue weighted by Crippen LogP contribution is -1.92. The zero-order valence-electron chi connectivity index (χ0n) is 13.3. The van der Waals surface area contributed by atoms with Gasteiger partial charge in [-0.2, -0.15) is 0 Å². The van der Waals surface area contributed by atoms with Crippen LogP contribution in [0.3, 0.4) is 0 Å². The summed E-state index contributed by atoms with van der Waals surface area (Å²) in [5.74, 6) is 0.212. The molecule has 0 saturated heterocycles. The number of hydrogen-bond donors (Lipinski definition) is 2. The Hall–Kier alpha value is -3.26. The van der Waals surface area contributed by atoms with Gasteiger partial charge in [0.2, 0.25) is 0 Å². The van der Waals surface area contributed by atoms with Gasteiger partial charge in [0.15, 0.2) is 0 Å². The predicted octanol–water partition coefficient (Wildman–Crippen LogP) is 5.32. The van der Waals surface area contributed by atoms with E-state index in [0.29, 0.717) is 11.3 Å². The molecule has 0 saturated carbocycles. The molecule has 0 fully saturated rings. The van der Waals surface area contributed by atoms with Gasteiger partial charge in [-0.25, -0.2) is 0 Å². The quantitative estimate of drug-likeness (QED) is 0.389. The van der Waals surface area contributed by atoms with E-state index in [-0.39, 0.29) is 5.75 Å². The van der Waals surface area contributed by atoms with Gasteiger partial charge in [0.05, 0.1) is 0 Å². The van der Waals surface area contributed by atoms with Crippen LogP contribution in [0.5, 0.6) is 5.75 Å². The van der Waals surface area contributed by atoms with Crippen molar-refractivity contribution >= 4 is 30.0 Å². The molecule has 3 aromatic carbocycles. The summed E-state index contributed by atoms with van der Waals surface area (Å²) in [5, 5.41) is 10.3. The van der Waals surface area contributed by atoms with Crippen molar-refractivity contribution in [3.63, 3.8) is 0 Å². The number of benzene rings is 3. The maximum absolute atomic E-state index is 10.3. The molecule has 2 nitrogen and oxygen atoms in total.